The van der Waals surface area contributed by atoms with Gasteiger partial charge < -0.3 is 10.3 Å². The van der Waals surface area contributed by atoms with Crippen LogP contribution in [-0.4, -0.2) is 16.7 Å². The number of hydrogen-bond donors (Lipinski definition) is 1. The number of benzene rings is 1. The second-order valence-corrected chi connectivity index (χ2v) is 3.39. The normalized spacial score (nSPS) is 10.5. The first-order valence-electron chi connectivity index (χ1n) is 4.89. The van der Waals surface area contributed by atoms with Gasteiger partial charge in [-0.1, -0.05) is 17.3 Å². The summed E-state index contributed by atoms with van der Waals surface area (Å²) in [5.74, 6) is 1.21. The average molecular weight is 203 g/mol. The number of aromatic nitrogens is 2. The Morgan fingerprint density at radius 1 is 1.40 bits per heavy atom. The molecule has 2 N–H and O–H groups in total. The Balaban J connectivity index is 2.32. The van der Waals surface area contributed by atoms with Gasteiger partial charge in [0.05, 0.1) is 0 Å². The largest absolute Gasteiger partial charge is 0.334 e. The van der Waals surface area contributed by atoms with Crippen LogP contribution in [0.4, 0.5) is 0 Å². The molecule has 1 aromatic carbocycles. The highest BCUT2D eigenvalue weighted by Crippen LogP contribution is 2.18. The van der Waals surface area contributed by atoms with Gasteiger partial charge in [-0.25, -0.2) is 0 Å². The maximum atomic E-state index is 5.50. The van der Waals surface area contributed by atoms with Crippen molar-refractivity contribution in [2.24, 2.45) is 5.73 Å². The van der Waals surface area contributed by atoms with E-state index in [2.05, 4.69) is 10.1 Å². The lowest BCUT2D eigenvalue weighted by atomic mass is 10.1. The monoisotopic (exact) mass is 203 g/mol. The molecular formula is C11H13N3O. The minimum atomic E-state index is 0.561. The minimum Gasteiger partial charge on any atom is -0.334 e. The van der Waals surface area contributed by atoms with Crippen LogP contribution in [-0.2, 0) is 6.42 Å². The Labute approximate surface area is 88.1 Å². The molecule has 4 nitrogen and oxygen atoms in total. The summed E-state index contributed by atoms with van der Waals surface area (Å²) in [6, 6.07) is 7.99. The van der Waals surface area contributed by atoms with Gasteiger partial charge in [-0.3, -0.25) is 0 Å². The Bertz CT molecular complexity index is 451. The highest BCUT2D eigenvalue weighted by molar-refractivity contribution is 5.53. The van der Waals surface area contributed by atoms with Crippen molar-refractivity contribution in [3.63, 3.8) is 0 Å². The van der Waals surface area contributed by atoms with Gasteiger partial charge in [-0.15, -0.1) is 0 Å². The van der Waals surface area contributed by atoms with Crippen molar-refractivity contribution in [1.82, 2.24) is 10.1 Å². The minimum absolute atomic E-state index is 0.561. The molecule has 0 saturated carbocycles. The number of aryl methyl sites for hydroxylation is 1. The molecule has 15 heavy (non-hydrogen) atoms. The zero-order valence-electron chi connectivity index (χ0n) is 8.60. The molecule has 0 spiro atoms. The van der Waals surface area contributed by atoms with E-state index in [1.165, 1.54) is 5.56 Å². The zero-order valence-corrected chi connectivity index (χ0v) is 8.60. The lowest BCUT2D eigenvalue weighted by Crippen LogP contribution is -2.02. The Kier molecular flexibility index (Phi) is 2.78. The smallest absolute Gasteiger partial charge is 0.257 e. The SMILES string of the molecule is Cc1noc(-c2cccc(CCN)c2)n1. The van der Waals surface area contributed by atoms with Crippen molar-refractivity contribution in [1.29, 1.82) is 0 Å². The molecule has 1 heterocycles. The Hall–Kier alpha value is -1.68. The van der Waals surface area contributed by atoms with E-state index in [4.69, 9.17) is 10.3 Å². The molecule has 0 aliphatic heterocycles. The summed E-state index contributed by atoms with van der Waals surface area (Å²) in [6.07, 6.45) is 0.862. The fourth-order valence-corrected chi connectivity index (χ4v) is 1.44. The zero-order chi connectivity index (χ0) is 10.7. The van der Waals surface area contributed by atoms with Gasteiger partial charge in [0.1, 0.15) is 0 Å². The van der Waals surface area contributed by atoms with Crippen molar-refractivity contribution in [2.75, 3.05) is 6.54 Å². The molecule has 0 aliphatic rings. The molecule has 0 unspecified atom stereocenters. The topological polar surface area (TPSA) is 64.9 Å². The highest BCUT2D eigenvalue weighted by Gasteiger charge is 2.05. The fraction of sp³-hybridized carbons (Fsp3) is 0.273. The second kappa shape index (κ2) is 4.23. The molecule has 0 aliphatic carbocycles. The predicted octanol–water partition coefficient (Wildman–Crippen LogP) is 1.55. The van der Waals surface area contributed by atoms with E-state index < -0.39 is 0 Å². The first-order chi connectivity index (χ1) is 7.29. The molecule has 0 amide bonds. The highest BCUT2D eigenvalue weighted by atomic mass is 16.5. The van der Waals surface area contributed by atoms with Gasteiger partial charge in [-0.05, 0) is 37.6 Å². The lowest BCUT2D eigenvalue weighted by Gasteiger charge is -1.99. The molecule has 78 valence electrons. The molecule has 0 atom stereocenters. The Morgan fingerprint density at radius 2 is 2.27 bits per heavy atom. The van der Waals surface area contributed by atoms with Gasteiger partial charge in [0, 0.05) is 5.56 Å². The molecule has 0 bridgehead atoms. The van der Waals surface area contributed by atoms with E-state index in [0.29, 0.717) is 18.3 Å². The van der Waals surface area contributed by atoms with E-state index in [1.54, 1.807) is 6.92 Å². The number of nitrogens with zero attached hydrogens (tertiary/aromatic N) is 2. The van der Waals surface area contributed by atoms with Crippen molar-refractivity contribution in [3.05, 3.63) is 35.7 Å². The third-order valence-electron chi connectivity index (χ3n) is 2.13. The predicted molar refractivity (Wildman–Crippen MR) is 57.2 cm³/mol. The summed E-state index contributed by atoms with van der Waals surface area (Å²) in [4.78, 5) is 4.17. The van der Waals surface area contributed by atoms with E-state index in [-0.39, 0.29) is 0 Å². The van der Waals surface area contributed by atoms with E-state index >= 15 is 0 Å². The average Bonchev–Trinajstić information content (AvgIpc) is 2.66. The molecular weight excluding hydrogens is 190 g/mol. The molecule has 2 rings (SSSR count). The number of hydrogen-bond acceptors (Lipinski definition) is 4. The van der Waals surface area contributed by atoms with Crippen LogP contribution >= 0.6 is 0 Å². The molecule has 4 heteroatoms. The maximum absolute atomic E-state index is 5.50. The van der Waals surface area contributed by atoms with Crippen LogP contribution in [0.1, 0.15) is 11.4 Å². The lowest BCUT2D eigenvalue weighted by molar-refractivity contribution is 0.425. The third-order valence-corrected chi connectivity index (χ3v) is 2.13. The summed E-state index contributed by atoms with van der Waals surface area (Å²) < 4.78 is 5.09. The van der Waals surface area contributed by atoms with Crippen LogP contribution < -0.4 is 5.73 Å². The molecule has 0 fully saturated rings. The third kappa shape index (κ3) is 2.22. The van der Waals surface area contributed by atoms with Crippen LogP contribution in [0.3, 0.4) is 0 Å². The maximum Gasteiger partial charge on any atom is 0.257 e. The van der Waals surface area contributed by atoms with E-state index in [9.17, 15) is 0 Å². The number of rotatable bonds is 3. The summed E-state index contributed by atoms with van der Waals surface area (Å²) in [7, 11) is 0. The quantitative estimate of drug-likeness (QED) is 0.821. The van der Waals surface area contributed by atoms with Gasteiger partial charge >= 0.3 is 0 Å². The van der Waals surface area contributed by atoms with Crippen molar-refractivity contribution >= 4 is 0 Å². The van der Waals surface area contributed by atoms with E-state index in [0.717, 1.165) is 12.0 Å². The fourth-order valence-electron chi connectivity index (χ4n) is 1.44. The Morgan fingerprint density at radius 3 is 2.93 bits per heavy atom. The first kappa shape index (κ1) is 9.86. The van der Waals surface area contributed by atoms with Crippen LogP contribution in [0, 0.1) is 6.92 Å². The van der Waals surface area contributed by atoms with Gasteiger partial charge in [0.15, 0.2) is 5.82 Å². The van der Waals surface area contributed by atoms with Crippen LogP contribution in [0.15, 0.2) is 28.8 Å². The van der Waals surface area contributed by atoms with Gasteiger partial charge in [-0.2, -0.15) is 4.98 Å². The molecule has 0 radical (unpaired) electrons. The van der Waals surface area contributed by atoms with Crippen molar-refractivity contribution in [3.8, 4) is 11.5 Å². The molecule has 0 saturated heterocycles. The van der Waals surface area contributed by atoms with Crippen LogP contribution in [0.2, 0.25) is 0 Å². The summed E-state index contributed by atoms with van der Waals surface area (Å²) >= 11 is 0. The van der Waals surface area contributed by atoms with Crippen LogP contribution in [0.25, 0.3) is 11.5 Å². The van der Waals surface area contributed by atoms with Gasteiger partial charge in [0.2, 0.25) is 0 Å². The second-order valence-electron chi connectivity index (χ2n) is 3.39. The standard InChI is InChI=1S/C11H13N3O/c1-8-13-11(15-14-8)10-4-2-3-9(7-10)5-6-12/h2-4,7H,5-6,12H2,1H3. The summed E-state index contributed by atoms with van der Waals surface area (Å²) in [5, 5.41) is 3.76. The van der Waals surface area contributed by atoms with Gasteiger partial charge in [0.25, 0.3) is 5.89 Å². The van der Waals surface area contributed by atoms with E-state index in [1.807, 2.05) is 24.3 Å². The summed E-state index contributed by atoms with van der Waals surface area (Å²) in [6.45, 7) is 2.45. The van der Waals surface area contributed by atoms with Crippen molar-refractivity contribution in [2.45, 2.75) is 13.3 Å². The van der Waals surface area contributed by atoms with Crippen molar-refractivity contribution < 1.29 is 4.52 Å². The summed E-state index contributed by atoms with van der Waals surface area (Å²) in [5.41, 5.74) is 7.63. The molecule has 2 aromatic rings. The van der Waals surface area contributed by atoms with Crippen LogP contribution in [0.5, 0.6) is 0 Å². The number of nitrogens with two attached hydrogens (primary N) is 1. The first-order valence-corrected chi connectivity index (χ1v) is 4.89. The molecule has 1 aromatic heterocycles.